The second kappa shape index (κ2) is 5.19. The molecule has 0 aromatic rings. The average molecular weight is 186 g/mol. The van der Waals surface area contributed by atoms with E-state index >= 15 is 0 Å². The van der Waals surface area contributed by atoms with E-state index in [1.807, 2.05) is 0 Å². The van der Waals surface area contributed by atoms with Crippen LogP contribution in [0.4, 0.5) is 0 Å². The van der Waals surface area contributed by atoms with Crippen LogP contribution in [0.1, 0.15) is 19.3 Å². The molecule has 0 aliphatic carbocycles. The molecule has 0 aromatic carbocycles. The van der Waals surface area contributed by atoms with Crippen molar-refractivity contribution in [1.82, 2.24) is 4.90 Å². The maximum atomic E-state index is 10.5. The van der Waals surface area contributed by atoms with Crippen molar-refractivity contribution in [3.63, 3.8) is 0 Å². The maximum Gasteiger partial charge on any atom is 0.218 e. The van der Waals surface area contributed by atoms with Crippen molar-refractivity contribution < 1.29 is 9.90 Å². The first kappa shape index (κ1) is 10.5. The van der Waals surface area contributed by atoms with E-state index in [0.717, 1.165) is 32.5 Å². The van der Waals surface area contributed by atoms with Crippen LogP contribution in [-0.2, 0) is 4.79 Å². The summed E-state index contributed by atoms with van der Waals surface area (Å²) in [5.41, 5.74) is 5.06. The molecule has 1 aliphatic rings. The summed E-state index contributed by atoms with van der Waals surface area (Å²) in [7, 11) is 0. The Bertz CT molecular complexity index is 173. The number of amides is 1. The molecule has 13 heavy (non-hydrogen) atoms. The molecule has 1 heterocycles. The third kappa shape index (κ3) is 3.74. The molecule has 3 N–H and O–H groups in total. The Morgan fingerprint density at radius 3 is 3.00 bits per heavy atom. The number of aliphatic hydroxyl groups excluding tert-OH is 1. The van der Waals surface area contributed by atoms with Crippen molar-refractivity contribution in [2.45, 2.75) is 19.3 Å². The summed E-state index contributed by atoms with van der Waals surface area (Å²) >= 11 is 0. The van der Waals surface area contributed by atoms with Crippen molar-refractivity contribution >= 4 is 5.91 Å². The lowest BCUT2D eigenvalue weighted by molar-refractivity contribution is -0.118. The molecule has 1 fully saturated rings. The van der Waals surface area contributed by atoms with Crippen LogP contribution in [0.3, 0.4) is 0 Å². The predicted molar refractivity (Wildman–Crippen MR) is 50.1 cm³/mol. The number of nitrogens with two attached hydrogens (primary N) is 1. The highest BCUT2D eigenvalue weighted by molar-refractivity contribution is 5.73. The maximum absolute atomic E-state index is 10.5. The van der Waals surface area contributed by atoms with E-state index in [4.69, 9.17) is 10.8 Å². The third-order valence-electron chi connectivity index (χ3n) is 2.58. The van der Waals surface area contributed by atoms with Crippen LogP contribution in [0, 0.1) is 5.92 Å². The molecule has 1 saturated heterocycles. The van der Waals surface area contributed by atoms with Crippen molar-refractivity contribution in [2.75, 3.05) is 26.2 Å². The number of rotatable bonds is 5. The third-order valence-corrected chi connectivity index (χ3v) is 2.58. The zero-order chi connectivity index (χ0) is 9.68. The fraction of sp³-hybridized carbons (Fsp3) is 0.889. The summed E-state index contributed by atoms with van der Waals surface area (Å²) in [4.78, 5) is 12.8. The number of aliphatic hydroxyl groups is 1. The normalized spacial score (nSPS) is 23.6. The molecule has 0 bridgehead atoms. The molecule has 4 nitrogen and oxygen atoms in total. The van der Waals surface area contributed by atoms with Gasteiger partial charge >= 0.3 is 0 Å². The minimum Gasteiger partial charge on any atom is -0.396 e. The molecule has 1 rings (SSSR count). The van der Waals surface area contributed by atoms with Gasteiger partial charge in [-0.2, -0.15) is 0 Å². The number of hydrogen-bond acceptors (Lipinski definition) is 3. The monoisotopic (exact) mass is 186 g/mol. The average Bonchev–Trinajstić information content (AvgIpc) is 2.50. The van der Waals surface area contributed by atoms with Gasteiger partial charge in [-0.25, -0.2) is 0 Å². The summed E-state index contributed by atoms with van der Waals surface area (Å²) in [5, 5.41) is 8.74. The highest BCUT2D eigenvalue weighted by Crippen LogP contribution is 2.18. The van der Waals surface area contributed by atoms with Crippen LogP contribution >= 0.6 is 0 Å². The fourth-order valence-corrected chi connectivity index (χ4v) is 1.80. The van der Waals surface area contributed by atoms with E-state index in [1.165, 1.54) is 0 Å². The van der Waals surface area contributed by atoms with Crippen LogP contribution in [0.5, 0.6) is 0 Å². The summed E-state index contributed by atoms with van der Waals surface area (Å²) in [6.07, 6.45) is 2.47. The first-order chi connectivity index (χ1) is 6.22. The number of primary amides is 1. The van der Waals surface area contributed by atoms with Gasteiger partial charge in [0.2, 0.25) is 5.91 Å². The fourth-order valence-electron chi connectivity index (χ4n) is 1.80. The van der Waals surface area contributed by atoms with Crippen molar-refractivity contribution in [2.24, 2.45) is 11.7 Å². The number of nitrogens with zero attached hydrogens (tertiary/aromatic N) is 1. The minimum absolute atomic E-state index is 0.231. The molecule has 76 valence electrons. The smallest absolute Gasteiger partial charge is 0.218 e. The van der Waals surface area contributed by atoms with E-state index in [0.29, 0.717) is 12.3 Å². The van der Waals surface area contributed by atoms with E-state index in [1.54, 1.807) is 0 Å². The van der Waals surface area contributed by atoms with E-state index in [-0.39, 0.29) is 12.5 Å². The van der Waals surface area contributed by atoms with Crippen molar-refractivity contribution in [3.8, 4) is 0 Å². The lowest BCUT2D eigenvalue weighted by atomic mass is 10.1. The highest BCUT2D eigenvalue weighted by atomic mass is 16.3. The Morgan fingerprint density at radius 1 is 1.62 bits per heavy atom. The first-order valence-corrected chi connectivity index (χ1v) is 4.84. The summed E-state index contributed by atoms with van der Waals surface area (Å²) in [6.45, 7) is 3.09. The van der Waals surface area contributed by atoms with Crippen LogP contribution < -0.4 is 5.73 Å². The number of carbonyl (C=O) groups is 1. The van der Waals surface area contributed by atoms with Gasteiger partial charge in [-0.3, -0.25) is 4.79 Å². The summed E-state index contributed by atoms with van der Waals surface area (Å²) in [6, 6.07) is 0. The SMILES string of the molecule is NC(=O)CCN1CCC(CCO)C1. The van der Waals surface area contributed by atoms with Gasteiger partial charge in [-0.15, -0.1) is 0 Å². The standard InChI is InChI=1S/C9H18N2O2/c10-9(13)2-5-11-4-1-8(7-11)3-6-12/h8,12H,1-7H2,(H2,10,13). The molecule has 1 aliphatic heterocycles. The predicted octanol–water partition coefficient (Wildman–Crippen LogP) is -0.434. The van der Waals surface area contributed by atoms with Crippen LogP contribution in [0.15, 0.2) is 0 Å². The molecule has 0 radical (unpaired) electrons. The van der Waals surface area contributed by atoms with Crippen molar-refractivity contribution in [1.29, 1.82) is 0 Å². The Balaban J connectivity index is 2.13. The number of likely N-dealkylation sites (tertiary alicyclic amines) is 1. The Kier molecular flexibility index (Phi) is 4.18. The largest absolute Gasteiger partial charge is 0.396 e. The second-order valence-corrected chi connectivity index (χ2v) is 3.68. The van der Waals surface area contributed by atoms with Gasteiger partial charge in [-0.1, -0.05) is 0 Å². The van der Waals surface area contributed by atoms with E-state index in [9.17, 15) is 4.79 Å². The zero-order valence-corrected chi connectivity index (χ0v) is 7.91. The molecule has 1 amide bonds. The Morgan fingerprint density at radius 2 is 2.38 bits per heavy atom. The van der Waals surface area contributed by atoms with Gasteiger partial charge < -0.3 is 15.7 Å². The Labute approximate surface area is 78.7 Å². The van der Waals surface area contributed by atoms with Crippen LogP contribution in [-0.4, -0.2) is 42.2 Å². The molecule has 0 spiro atoms. The Hall–Kier alpha value is -0.610. The lowest BCUT2D eigenvalue weighted by Crippen LogP contribution is -2.26. The second-order valence-electron chi connectivity index (χ2n) is 3.68. The minimum atomic E-state index is -0.231. The molecular weight excluding hydrogens is 168 g/mol. The van der Waals surface area contributed by atoms with Gasteiger partial charge in [0.15, 0.2) is 0 Å². The number of carbonyl (C=O) groups excluding carboxylic acids is 1. The van der Waals surface area contributed by atoms with E-state index in [2.05, 4.69) is 4.90 Å². The lowest BCUT2D eigenvalue weighted by Gasteiger charge is -2.14. The summed E-state index contributed by atoms with van der Waals surface area (Å²) in [5.74, 6) is 0.378. The van der Waals surface area contributed by atoms with Gasteiger partial charge in [0, 0.05) is 26.1 Å². The van der Waals surface area contributed by atoms with Gasteiger partial charge in [0.25, 0.3) is 0 Å². The molecule has 1 unspecified atom stereocenters. The zero-order valence-electron chi connectivity index (χ0n) is 7.91. The van der Waals surface area contributed by atoms with Gasteiger partial charge in [-0.05, 0) is 25.3 Å². The van der Waals surface area contributed by atoms with E-state index < -0.39 is 0 Å². The van der Waals surface area contributed by atoms with Gasteiger partial charge in [0.1, 0.15) is 0 Å². The quantitative estimate of drug-likeness (QED) is 0.612. The highest BCUT2D eigenvalue weighted by Gasteiger charge is 2.21. The van der Waals surface area contributed by atoms with Crippen LogP contribution in [0.25, 0.3) is 0 Å². The van der Waals surface area contributed by atoms with Gasteiger partial charge in [0.05, 0.1) is 0 Å². The molecule has 4 heteroatoms. The molecule has 0 aromatic heterocycles. The molecule has 1 atom stereocenters. The van der Waals surface area contributed by atoms with Crippen LogP contribution in [0.2, 0.25) is 0 Å². The molecule has 0 saturated carbocycles. The number of hydrogen-bond donors (Lipinski definition) is 2. The first-order valence-electron chi connectivity index (χ1n) is 4.84. The topological polar surface area (TPSA) is 66.6 Å². The molecular formula is C9H18N2O2. The summed E-state index contributed by atoms with van der Waals surface area (Å²) < 4.78 is 0. The van der Waals surface area contributed by atoms with Crippen molar-refractivity contribution in [3.05, 3.63) is 0 Å².